The van der Waals surface area contributed by atoms with Crippen LogP contribution in [0.25, 0.3) is 11.3 Å². The third-order valence-corrected chi connectivity index (χ3v) is 4.99. The molecule has 5 heteroatoms. The molecule has 1 aromatic heterocycles. The summed E-state index contributed by atoms with van der Waals surface area (Å²) in [6, 6.07) is 10.8. The van der Waals surface area contributed by atoms with Gasteiger partial charge in [0.2, 0.25) is 0 Å². The summed E-state index contributed by atoms with van der Waals surface area (Å²) in [4.78, 5) is 19.0. The van der Waals surface area contributed by atoms with Crippen molar-refractivity contribution in [3.63, 3.8) is 0 Å². The van der Waals surface area contributed by atoms with Crippen molar-refractivity contribution in [2.75, 3.05) is 13.1 Å². The SMILES string of the molecule is CC1CCN(C(=O)c2cccc(-c3ccc(Cl)c(Cl)c3)n2)CC1. The van der Waals surface area contributed by atoms with Crippen molar-refractivity contribution < 1.29 is 4.79 Å². The van der Waals surface area contributed by atoms with Gasteiger partial charge in [0.15, 0.2) is 0 Å². The minimum Gasteiger partial charge on any atom is -0.337 e. The fourth-order valence-corrected chi connectivity index (χ4v) is 3.04. The first kappa shape index (κ1) is 16.3. The number of aromatic nitrogens is 1. The zero-order chi connectivity index (χ0) is 16.4. The molecule has 1 amide bonds. The third kappa shape index (κ3) is 3.67. The summed E-state index contributed by atoms with van der Waals surface area (Å²) in [6.07, 6.45) is 2.11. The number of piperidine rings is 1. The number of likely N-dealkylation sites (tertiary alicyclic amines) is 1. The zero-order valence-electron chi connectivity index (χ0n) is 12.9. The maximum absolute atomic E-state index is 12.6. The summed E-state index contributed by atoms with van der Waals surface area (Å²) in [5.74, 6) is 0.688. The molecule has 2 heterocycles. The molecule has 120 valence electrons. The van der Waals surface area contributed by atoms with Crippen LogP contribution in [0.2, 0.25) is 10.0 Å². The van der Waals surface area contributed by atoms with Crippen molar-refractivity contribution in [1.29, 1.82) is 0 Å². The van der Waals surface area contributed by atoms with E-state index in [0.29, 0.717) is 21.7 Å². The van der Waals surface area contributed by atoms with Gasteiger partial charge in [0.05, 0.1) is 15.7 Å². The number of pyridine rings is 1. The number of benzene rings is 1. The van der Waals surface area contributed by atoms with Crippen LogP contribution >= 0.6 is 23.2 Å². The van der Waals surface area contributed by atoms with E-state index >= 15 is 0 Å². The monoisotopic (exact) mass is 348 g/mol. The molecule has 1 aliphatic heterocycles. The number of rotatable bonds is 2. The first-order valence-corrected chi connectivity index (χ1v) is 8.52. The fourth-order valence-electron chi connectivity index (χ4n) is 2.74. The smallest absolute Gasteiger partial charge is 0.272 e. The van der Waals surface area contributed by atoms with Gasteiger partial charge in [-0.25, -0.2) is 4.98 Å². The van der Waals surface area contributed by atoms with E-state index in [1.807, 2.05) is 23.1 Å². The van der Waals surface area contributed by atoms with Crippen molar-refractivity contribution in [1.82, 2.24) is 9.88 Å². The summed E-state index contributed by atoms with van der Waals surface area (Å²) in [7, 11) is 0. The fraction of sp³-hybridized carbons (Fsp3) is 0.333. The number of hydrogen-bond donors (Lipinski definition) is 0. The van der Waals surface area contributed by atoms with E-state index in [-0.39, 0.29) is 5.91 Å². The third-order valence-electron chi connectivity index (χ3n) is 4.25. The summed E-state index contributed by atoms with van der Waals surface area (Å²) in [5.41, 5.74) is 2.05. The van der Waals surface area contributed by atoms with Crippen molar-refractivity contribution in [2.24, 2.45) is 5.92 Å². The molecule has 0 aliphatic carbocycles. The number of carbonyl (C=O) groups is 1. The van der Waals surface area contributed by atoms with Crippen molar-refractivity contribution in [2.45, 2.75) is 19.8 Å². The summed E-state index contributed by atoms with van der Waals surface area (Å²) >= 11 is 12.0. The molecular weight excluding hydrogens is 331 g/mol. The number of nitrogens with zero attached hydrogens (tertiary/aromatic N) is 2. The van der Waals surface area contributed by atoms with Gasteiger partial charge in [0.25, 0.3) is 5.91 Å². The molecule has 0 saturated carbocycles. The average Bonchev–Trinajstić information content (AvgIpc) is 2.57. The summed E-state index contributed by atoms with van der Waals surface area (Å²) < 4.78 is 0. The molecule has 3 nitrogen and oxygen atoms in total. The van der Waals surface area contributed by atoms with Gasteiger partial charge in [-0.1, -0.05) is 42.3 Å². The minimum atomic E-state index is -0.00110. The second-order valence-corrected chi connectivity index (χ2v) is 6.83. The second-order valence-electron chi connectivity index (χ2n) is 6.01. The predicted octanol–water partition coefficient (Wildman–Crippen LogP) is 4.93. The van der Waals surface area contributed by atoms with Crippen LogP contribution in [0, 0.1) is 5.92 Å². The number of amides is 1. The Hall–Kier alpha value is -1.58. The van der Waals surface area contributed by atoms with Gasteiger partial charge in [-0.3, -0.25) is 4.79 Å². The molecular formula is C18H18Cl2N2O. The Kier molecular flexibility index (Phi) is 4.88. The van der Waals surface area contributed by atoms with Crippen LogP contribution in [0.5, 0.6) is 0 Å². The Morgan fingerprint density at radius 3 is 2.57 bits per heavy atom. The molecule has 0 atom stereocenters. The van der Waals surface area contributed by atoms with Crippen molar-refractivity contribution >= 4 is 29.1 Å². The van der Waals surface area contributed by atoms with Crippen molar-refractivity contribution in [3.8, 4) is 11.3 Å². The lowest BCUT2D eigenvalue weighted by Crippen LogP contribution is -2.38. The van der Waals surface area contributed by atoms with E-state index in [0.717, 1.165) is 37.2 Å². The first-order valence-electron chi connectivity index (χ1n) is 7.76. The molecule has 1 aliphatic rings. The van der Waals surface area contributed by atoms with E-state index in [1.54, 1.807) is 18.2 Å². The number of carbonyl (C=O) groups excluding carboxylic acids is 1. The Morgan fingerprint density at radius 1 is 1.13 bits per heavy atom. The molecule has 2 aromatic rings. The van der Waals surface area contributed by atoms with Gasteiger partial charge in [0.1, 0.15) is 5.69 Å². The van der Waals surface area contributed by atoms with E-state index in [4.69, 9.17) is 23.2 Å². The lowest BCUT2D eigenvalue weighted by molar-refractivity contribution is 0.0691. The molecule has 0 unspecified atom stereocenters. The Morgan fingerprint density at radius 2 is 1.87 bits per heavy atom. The van der Waals surface area contributed by atoms with Crippen LogP contribution in [-0.4, -0.2) is 28.9 Å². The highest BCUT2D eigenvalue weighted by atomic mass is 35.5. The first-order chi connectivity index (χ1) is 11.0. The molecule has 23 heavy (non-hydrogen) atoms. The molecule has 0 radical (unpaired) electrons. The highest BCUT2D eigenvalue weighted by Crippen LogP contribution is 2.28. The van der Waals surface area contributed by atoms with Gasteiger partial charge in [-0.05, 0) is 43.0 Å². The Balaban J connectivity index is 1.84. The molecule has 1 fully saturated rings. The van der Waals surface area contributed by atoms with Gasteiger partial charge in [0, 0.05) is 18.7 Å². The number of halogens is 2. The Labute approximate surface area is 146 Å². The minimum absolute atomic E-state index is 0.00110. The van der Waals surface area contributed by atoms with E-state index in [9.17, 15) is 4.79 Å². The van der Waals surface area contributed by atoms with E-state index in [2.05, 4.69) is 11.9 Å². The molecule has 1 aromatic carbocycles. The molecule has 1 saturated heterocycles. The van der Waals surface area contributed by atoms with Gasteiger partial charge in [-0.15, -0.1) is 0 Å². The standard InChI is InChI=1S/C18H18Cl2N2O/c1-12-7-9-22(10-8-12)18(23)17-4-2-3-16(21-17)13-5-6-14(19)15(20)11-13/h2-6,11-12H,7-10H2,1H3. The quantitative estimate of drug-likeness (QED) is 0.770. The van der Waals surface area contributed by atoms with Crippen LogP contribution in [0.3, 0.4) is 0 Å². The summed E-state index contributed by atoms with van der Waals surface area (Å²) in [6.45, 7) is 3.84. The Bertz CT molecular complexity index is 725. The molecule has 3 rings (SSSR count). The molecule has 0 spiro atoms. The van der Waals surface area contributed by atoms with E-state index in [1.165, 1.54) is 0 Å². The van der Waals surface area contributed by atoms with Gasteiger partial charge in [-0.2, -0.15) is 0 Å². The lowest BCUT2D eigenvalue weighted by Gasteiger charge is -2.30. The highest BCUT2D eigenvalue weighted by Gasteiger charge is 2.22. The predicted molar refractivity (Wildman–Crippen MR) is 94.0 cm³/mol. The van der Waals surface area contributed by atoms with Crippen LogP contribution in [0.4, 0.5) is 0 Å². The number of hydrogen-bond acceptors (Lipinski definition) is 2. The lowest BCUT2D eigenvalue weighted by atomic mass is 9.99. The van der Waals surface area contributed by atoms with Gasteiger partial charge < -0.3 is 4.90 Å². The zero-order valence-corrected chi connectivity index (χ0v) is 14.4. The topological polar surface area (TPSA) is 33.2 Å². The average molecular weight is 349 g/mol. The van der Waals surface area contributed by atoms with Crippen LogP contribution in [0.1, 0.15) is 30.3 Å². The summed E-state index contributed by atoms with van der Waals surface area (Å²) in [5, 5.41) is 0.984. The molecule has 0 bridgehead atoms. The van der Waals surface area contributed by atoms with Crippen LogP contribution < -0.4 is 0 Å². The normalized spacial score (nSPS) is 15.7. The second kappa shape index (κ2) is 6.90. The molecule has 0 N–H and O–H groups in total. The van der Waals surface area contributed by atoms with E-state index < -0.39 is 0 Å². The largest absolute Gasteiger partial charge is 0.337 e. The maximum Gasteiger partial charge on any atom is 0.272 e. The van der Waals surface area contributed by atoms with Crippen LogP contribution in [-0.2, 0) is 0 Å². The van der Waals surface area contributed by atoms with Crippen molar-refractivity contribution in [3.05, 3.63) is 52.1 Å². The maximum atomic E-state index is 12.6. The highest BCUT2D eigenvalue weighted by molar-refractivity contribution is 6.42. The van der Waals surface area contributed by atoms with Gasteiger partial charge >= 0.3 is 0 Å². The van der Waals surface area contributed by atoms with Crippen LogP contribution in [0.15, 0.2) is 36.4 Å².